The maximum Gasteiger partial charge on any atom is 0.354 e. The molecule has 2 aromatic carbocycles. The predicted molar refractivity (Wildman–Crippen MR) is 112 cm³/mol. The number of amides is 1. The molecule has 0 radical (unpaired) electrons. The summed E-state index contributed by atoms with van der Waals surface area (Å²) >= 11 is 3.29. The van der Waals surface area contributed by atoms with E-state index >= 15 is 0 Å². The summed E-state index contributed by atoms with van der Waals surface area (Å²) in [6.07, 6.45) is 1.18. The van der Waals surface area contributed by atoms with Crippen LogP contribution in [0.3, 0.4) is 0 Å². The molecule has 29 heavy (non-hydrogen) atoms. The first-order valence-electron chi connectivity index (χ1n) is 8.55. The highest BCUT2D eigenvalue weighted by Crippen LogP contribution is 2.28. The van der Waals surface area contributed by atoms with Crippen LogP contribution in [0.2, 0.25) is 0 Å². The molecular formula is C19H17BrN6O3. The van der Waals surface area contributed by atoms with Crippen molar-refractivity contribution in [3.05, 3.63) is 86.1 Å². The molecule has 0 saturated heterocycles. The number of carbonyl (C=O) groups is 1. The second-order valence-electron chi connectivity index (χ2n) is 6.07. The van der Waals surface area contributed by atoms with Crippen molar-refractivity contribution < 1.29 is 9.72 Å². The predicted octanol–water partition coefficient (Wildman–Crippen LogP) is 3.82. The highest BCUT2D eigenvalue weighted by atomic mass is 79.9. The van der Waals surface area contributed by atoms with E-state index in [0.717, 1.165) is 11.1 Å². The Morgan fingerprint density at radius 1 is 1.10 bits per heavy atom. The lowest BCUT2D eigenvalue weighted by Gasteiger charge is -2.11. The minimum Gasteiger partial charge on any atom is -0.360 e. The molecule has 0 unspecified atom stereocenters. The molecule has 0 aliphatic carbocycles. The maximum atomic E-state index is 12.3. The van der Waals surface area contributed by atoms with Gasteiger partial charge in [-0.25, -0.2) is 9.97 Å². The van der Waals surface area contributed by atoms with E-state index in [2.05, 4.69) is 42.1 Å². The van der Waals surface area contributed by atoms with Crippen LogP contribution in [0.1, 0.15) is 21.5 Å². The Bertz CT molecular complexity index is 1040. The van der Waals surface area contributed by atoms with Crippen LogP contribution in [0.15, 0.2) is 59.3 Å². The number of nitrogens with one attached hydrogen (secondary N) is 3. The van der Waals surface area contributed by atoms with Crippen LogP contribution in [-0.2, 0) is 6.54 Å². The number of nitro groups is 1. The van der Waals surface area contributed by atoms with Crippen molar-refractivity contribution in [2.45, 2.75) is 13.5 Å². The summed E-state index contributed by atoms with van der Waals surface area (Å²) < 4.78 is 0.594. The molecular weight excluding hydrogens is 440 g/mol. The molecule has 148 valence electrons. The molecule has 1 aromatic heterocycles. The molecule has 9 nitrogen and oxygen atoms in total. The molecule has 0 bridgehead atoms. The zero-order chi connectivity index (χ0) is 20.8. The number of aromatic nitrogens is 2. The topological polar surface area (TPSA) is 122 Å². The molecule has 3 N–H and O–H groups in total. The van der Waals surface area contributed by atoms with Gasteiger partial charge in [-0.3, -0.25) is 25.8 Å². The van der Waals surface area contributed by atoms with Gasteiger partial charge in [-0.2, -0.15) is 0 Å². The third kappa shape index (κ3) is 5.05. The second kappa shape index (κ2) is 9.11. The van der Waals surface area contributed by atoms with Gasteiger partial charge in [0, 0.05) is 11.0 Å². The number of hydrazine groups is 1. The van der Waals surface area contributed by atoms with Gasteiger partial charge in [0.15, 0.2) is 0 Å². The summed E-state index contributed by atoms with van der Waals surface area (Å²) in [7, 11) is 0. The van der Waals surface area contributed by atoms with Crippen LogP contribution in [0, 0.1) is 17.0 Å². The van der Waals surface area contributed by atoms with Gasteiger partial charge in [0.05, 0.1) is 10.5 Å². The van der Waals surface area contributed by atoms with Crippen molar-refractivity contribution in [2.75, 3.05) is 10.7 Å². The normalized spacial score (nSPS) is 10.3. The summed E-state index contributed by atoms with van der Waals surface area (Å²) in [4.78, 5) is 31.2. The zero-order valence-electron chi connectivity index (χ0n) is 15.3. The monoisotopic (exact) mass is 456 g/mol. The van der Waals surface area contributed by atoms with Crippen LogP contribution in [-0.4, -0.2) is 20.8 Å². The first-order chi connectivity index (χ1) is 14.0. The third-order valence-electron chi connectivity index (χ3n) is 4.00. The Kier molecular flexibility index (Phi) is 6.35. The van der Waals surface area contributed by atoms with Crippen molar-refractivity contribution in [3.8, 4) is 0 Å². The van der Waals surface area contributed by atoms with Gasteiger partial charge in [-0.05, 0) is 40.5 Å². The minimum atomic E-state index is -0.607. The number of anilines is 2. The molecule has 1 amide bonds. The van der Waals surface area contributed by atoms with E-state index in [1.807, 2.05) is 31.2 Å². The number of hydrogen-bond donors (Lipinski definition) is 3. The molecule has 0 fully saturated rings. The molecule has 0 atom stereocenters. The van der Waals surface area contributed by atoms with Gasteiger partial charge in [0.1, 0.15) is 6.33 Å². The van der Waals surface area contributed by atoms with Gasteiger partial charge in [0.2, 0.25) is 11.6 Å². The highest BCUT2D eigenvalue weighted by molar-refractivity contribution is 9.10. The molecule has 3 aromatic rings. The largest absolute Gasteiger partial charge is 0.360 e. The van der Waals surface area contributed by atoms with Gasteiger partial charge < -0.3 is 5.32 Å². The molecule has 0 aliphatic heterocycles. The number of carbonyl (C=O) groups excluding carboxylic acids is 1. The standard InChI is InChI=1S/C19H17BrN6O3/c1-12-6-8-13(9-7-12)10-21-17-16(26(28)29)18(23-11-22-17)24-25-19(27)14-4-2-3-5-15(14)20/h2-9,11H,10H2,1H3,(H,25,27)(H2,21,22,23,24). The Hall–Kier alpha value is -3.53. The maximum absolute atomic E-state index is 12.3. The molecule has 0 aliphatic rings. The lowest BCUT2D eigenvalue weighted by atomic mass is 10.1. The van der Waals surface area contributed by atoms with Crippen LogP contribution in [0.5, 0.6) is 0 Å². The Balaban J connectivity index is 1.76. The average Bonchev–Trinajstić information content (AvgIpc) is 2.71. The first-order valence-corrected chi connectivity index (χ1v) is 9.34. The van der Waals surface area contributed by atoms with Crippen molar-refractivity contribution >= 4 is 39.2 Å². The van der Waals surface area contributed by atoms with Gasteiger partial charge in [0.25, 0.3) is 5.91 Å². The lowest BCUT2D eigenvalue weighted by molar-refractivity contribution is -0.383. The summed E-state index contributed by atoms with van der Waals surface area (Å²) in [6.45, 7) is 2.33. The SMILES string of the molecule is Cc1ccc(CNc2ncnc(NNC(=O)c3ccccc3Br)c2[N+](=O)[O-])cc1. The fourth-order valence-corrected chi connectivity index (χ4v) is 2.96. The van der Waals surface area contributed by atoms with Gasteiger partial charge in [-0.1, -0.05) is 42.0 Å². The van der Waals surface area contributed by atoms with Gasteiger partial charge in [-0.15, -0.1) is 0 Å². The van der Waals surface area contributed by atoms with Crippen molar-refractivity contribution in [2.24, 2.45) is 0 Å². The van der Waals surface area contributed by atoms with Crippen LogP contribution < -0.4 is 16.2 Å². The Morgan fingerprint density at radius 2 is 1.79 bits per heavy atom. The number of halogens is 1. The summed E-state index contributed by atoms with van der Waals surface area (Å²) in [5.74, 6) is -0.556. The Labute approximate surface area is 174 Å². The van der Waals surface area contributed by atoms with E-state index in [-0.39, 0.29) is 17.3 Å². The second-order valence-corrected chi connectivity index (χ2v) is 6.93. The van der Waals surface area contributed by atoms with Crippen LogP contribution in [0.4, 0.5) is 17.3 Å². The average molecular weight is 457 g/mol. The number of benzene rings is 2. The fourth-order valence-electron chi connectivity index (χ4n) is 2.49. The molecule has 0 spiro atoms. The summed E-state index contributed by atoms with van der Waals surface area (Å²) in [5, 5.41) is 14.5. The van der Waals surface area contributed by atoms with Crippen LogP contribution >= 0.6 is 15.9 Å². The molecule has 10 heteroatoms. The molecule has 3 rings (SSSR count). The number of aryl methyl sites for hydroxylation is 1. The number of rotatable bonds is 7. The van der Waals surface area contributed by atoms with E-state index < -0.39 is 10.8 Å². The highest BCUT2D eigenvalue weighted by Gasteiger charge is 2.23. The van der Waals surface area contributed by atoms with Crippen LogP contribution in [0.25, 0.3) is 0 Å². The summed E-state index contributed by atoms with van der Waals surface area (Å²) in [6, 6.07) is 14.6. The van der Waals surface area contributed by atoms with Crippen molar-refractivity contribution in [1.82, 2.24) is 15.4 Å². The molecule has 1 heterocycles. The number of hydrogen-bond acceptors (Lipinski definition) is 7. The first kappa shape index (κ1) is 20.2. The van der Waals surface area contributed by atoms with E-state index in [1.165, 1.54) is 6.33 Å². The quantitative estimate of drug-likeness (QED) is 0.364. The summed E-state index contributed by atoms with van der Waals surface area (Å²) in [5.41, 5.74) is 7.00. The van der Waals surface area contributed by atoms with Crippen molar-refractivity contribution in [3.63, 3.8) is 0 Å². The van der Waals surface area contributed by atoms with Crippen molar-refractivity contribution in [1.29, 1.82) is 0 Å². The van der Waals surface area contributed by atoms with E-state index in [1.54, 1.807) is 24.3 Å². The fraction of sp³-hybridized carbons (Fsp3) is 0.105. The third-order valence-corrected chi connectivity index (χ3v) is 4.69. The van der Waals surface area contributed by atoms with E-state index in [9.17, 15) is 14.9 Å². The van der Waals surface area contributed by atoms with E-state index in [0.29, 0.717) is 16.6 Å². The van der Waals surface area contributed by atoms with E-state index in [4.69, 9.17) is 0 Å². The smallest absolute Gasteiger partial charge is 0.354 e. The number of nitrogens with zero attached hydrogens (tertiary/aromatic N) is 3. The lowest BCUT2D eigenvalue weighted by Crippen LogP contribution is -2.30. The molecule has 0 saturated carbocycles. The minimum absolute atomic E-state index is 0.0446. The zero-order valence-corrected chi connectivity index (χ0v) is 16.9. The Morgan fingerprint density at radius 3 is 2.48 bits per heavy atom. The van der Waals surface area contributed by atoms with Gasteiger partial charge >= 0.3 is 5.69 Å².